The SMILES string of the molecule is COC(=O)C1=C(C)NC(OC)=NC1c1ccc(F)cc1F. The highest BCUT2D eigenvalue weighted by molar-refractivity contribution is 5.94. The number of esters is 1. The maximum atomic E-state index is 14.0. The summed E-state index contributed by atoms with van der Waals surface area (Å²) >= 11 is 0. The van der Waals surface area contributed by atoms with Crippen LogP contribution in [0.1, 0.15) is 18.5 Å². The van der Waals surface area contributed by atoms with Gasteiger partial charge in [0.1, 0.15) is 17.7 Å². The van der Waals surface area contributed by atoms with Crippen LogP contribution in [-0.4, -0.2) is 26.2 Å². The number of aliphatic imine (C=N–C) groups is 1. The maximum absolute atomic E-state index is 14.0. The Morgan fingerprint density at radius 2 is 2.05 bits per heavy atom. The second-order valence-electron chi connectivity index (χ2n) is 4.36. The van der Waals surface area contributed by atoms with Crippen molar-refractivity contribution < 1.29 is 23.0 Å². The summed E-state index contributed by atoms with van der Waals surface area (Å²) < 4.78 is 36.7. The van der Waals surface area contributed by atoms with Crippen molar-refractivity contribution in [2.24, 2.45) is 4.99 Å². The van der Waals surface area contributed by atoms with Gasteiger partial charge in [0.25, 0.3) is 6.02 Å². The molecule has 1 N–H and O–H groups in total. The predicted octanol–water partition coefficient (Wildman–Crippen LogP) is 2.06. The van der Waals surface area contributed by atoms with Crippen molar-refractivity contribution in [3.63, 3.8) is 0 Å². The van der Waals surface area contributed by atoms with Gasteiger partial charge in [0, 0.05) is 17.3 Å². The van der Waals surface area contributed by atoms with E-state index in [-0.39, 0.29) is 17.2 Å². The van der Waals surface area contributed by atoms with Crippen LogP contribution in [0, 0.1) is 11.6 Å². The van der Waals surface area contributed by atoms with Crippen LogP contribution in [0.4, 0.5) is 8.78 Å². The van der Waals surface area contributed by atoms with Crippen LogP contribution in [0.15, 0.2) is 34.5 Å². The number of methoxy groups -OCH3 is 2. The number of carbonyl (C=O) groups excluding carboxylic acids is 1. The van der Waals surface area contributed by atoms with E-state index >= 15 is 0 Å². The Balaban J connectivity index is 2.56. The van der Waals surface area contributed by atoms with E-state index in [1.807, 2.05) is 0 Å². The lowest BCUT2D eigenvalue weighted by atomic mass is 9.96. The summed E-state index contributed by atoms with van der Waals surface area (Å²) in [7, 11) is 2.61. The second-order valence-corrected chi connectivity index (χ2v) is 4.36. The number of carbonyl (C=O) groups is 1. The molecule has 1 heterocycles. The Kier molecular flexibility index (Phi) is 4.21. The summed E-state index contributed by atoms with van der Waals surface area (Å²) in [4.78, 5) is 16.0. The molecule has 0 spiro atoms. The van der Waals surface area contributed by atoms with Gasteiger partial charge >= 0.3 is 5.97 Å². The molecular formula is C14H14F2N2O3. The summed E-state index contributed by atoms with van der Waals surface area (Å²) in [5, 5.41) is 2.77. The van der Waals surface area contributed by atoms with Gasteiger partial charge in [-0.05, 0) is 13.0 Å². The molecule has 0 aliphatic carbocycles. The highest BCUT2D eigenvalue weighted by Crippen LogP contribution is 2.33. The van der Waals surface area contributed by atoms with Crippen LogP contribution in [0.25, 0.3) is 0 Å². The lowest BCUT2D eigenvalue weighted by molar-refractivity contribution is -0.136. The van der Waals surface area contributed by atoms with E-state index in [4.69, 9.17) is 9.47 Å². The fourth-order valence-electron chi connectivity index (χ4n) is 2.07. The van der Waals surface area contributed by atoms with E-state index < -0.39 is 23.6 Å². The van der Waals surface area contributed by atoms with Gasteiger partial charge in [0.05, 0.1) is 19.8 Å². The molecule has 21 heavy (non-hydrogen) atoms. The van der Waals surface area contributed by atoms with Crippen molar-refractivity contribution in [1.29, 1.82) is 0 Å². The molecule has 1 atom stereocenters. The number of benzene rings is 1. The Labute approximate surface area is 120 Å². The van der Waals surface area contributed by atoms with Crippen LogP contribution < -0.4 is 5.32 Å². The monoisotopic (exact) mass is 296 g/mol. The van der Waals surface area contributed by atoms with Crippen molar-refractivity contribution in [1.82, 2.24) is 5.32 Å². The molecule has 0 fully saturated rings. The van der Waals surface area contributed by atoms with E-state index in [9.17, 15) is 13.6 Å². The lowest BCUT2D eigenvalue weighted by Crippen LogP contribution is -2.33. The zero-order chi connectivity index (χ0) is 15.6. The van der Waals surface area contributed by atoms with Crippen molar-refractivity contribution in [3.05, 3.63) is 46.7 Å². The number of ether oxygens (including phenoxy) is 2. The fraction of sp³-hybridized carbons (Fsp3) is 0.286. The number of amidine groups is 1. The zero-order valence-corrected chi connectivity index (χ0v) is 11.7. The standard InChI is InChI=1S/C14H14F2N2O3/c1-7-11(13(19)20-2)12(18-14(17-7)21-3)9-5-4-8(15)6-10(9)16/h4-6,12H,1-3H3,(H,17,18). The van der Waals surface area contributed by atoms with Crippen LogP contribution in [0.2, 0.25) is 0 Å². The van der Waals surface area contributed by atoms with E-state index in [1.165, 1.54) is 20.3 Å². The first-order valence-electron chi connectivity index (χ1n) is 6.10. The van der Waals surface area contributed by atoms with Gasteiger partial charge in [-0.25, -0.2) is 18.6 Å². The summed E-state index contributed by atoms with van der Waals surface area (Å²) in [5.41, 5.74) is 0.637. The van der Waals surface area contributed by atoms with Gasteiger partial charge < -0.3 is 14.8 Å². The largest absolute Gasteiger partial charge is 0.468 e. The van der Waals surface area contributed by atoms with Crippen molar-refractivity contribution >= 4 is 12.0 Å². The smallest absolute Gasteiger partial charge is 0.338 e. The van der Waals surface area contributed by atoms with Gasteiger partial charge in [0.15, 0.2) is 0 Å². The maximum Gasteiger partial charge on any atom is 0.338 e. The van der Waals surface area contributed by atoms with Crippen LogP contribution >= 0.6 is 0 Å². The molecule has 0 amide bonds. The number of halogens is 2. The normalized spacial score (nSPS) is 18.0. The molecule has 0 radical (unpaired) electrons. The molecule has 0 saturated carbocycles. The molecule has 5 nitrogen and oxygen atoms in total. The topological polar surface area (TPSA) is 59.9 Å². The van der Waals surface area contributed by atoms with Gasteiger partial charge in [-0.1, -0.05) is 6.07 Å². The Morgan fingerprint density at radius 3 is 2.62 bits per heavy atom. The first kappa shape index (κ1) is 15.0. The van der Waals surface area contributed by atoms with E-state index in [0.29, 0.717) is 5.70 Å². The summed E-state index contributed by atoms with van der Waals surface area (Å²) in [6, 6.07) is 2.26. The van der Waals surface area contributed by atoms with Crippen molar-refractivity contribution in [3.8, 4) is 0 Å². The Morgan fingerprint density at radius 1 is 1.33 bits per heavy atom. The number of nitrogens with one attached hydrogen (secondary N) is 1. The summed E-state index contributed by atoms with van der Waals surface area (Å²) in [6.45, 7) is 1.62. The molecule has 0 aromatic heterocycles. The van der Waals surface area contributed by atoms with Gasteiger partial charge in [0.2, 0.25) is 0 Å². The average molecular weight is 296 g/mol. The minimum Gasteiger partial charge on any atom is -0.468 e. The van der Waals surface area contributed by atoms with Gasteiger partial charge in [-0.3, -0.25) is 0 Å². The Hall–Kier alpha value is -2.44. The first-order chi connectivity index (χ1) is 9.97. The van der Waals surface area contributed by atoms with Crippen LogP contribution in [-0.2, 0) is 14.3 Å². The molecule has 1 aliphatic heterocycles. The molecule has 0 saturated heterocycles. The predicted molar refractivity (Wildman–Crippen MR) is 71.4 cm³/mol. The third-order valence-electron chi connectivity index (χ3n) is 3.07. The lowest BCUT2D eigenvalue weighted by Gasteiger charge is -2.24. The molecule has 112 valence electrons. The second kappa shape index (κ2) is 5.90. The third kappa shape index (κ3) is 2.86. The molecule has 1 unspecified atom stereocenters. The molecule has 0 bridgehead atoms. The highest BCUT2D eigenvalue weighted by atomic mass is 19.1. The Bertz CT molecular complexity index is 641. The zero-order valence-electron chi connectivity index (χ0n) is 11.7. The molecular weight excluding hydrogens is 282 g/mol. The number of hydrogen-bond acceptors (Lipinski definition) is 5. The molecule has 1 aliphatic rings. The summed E-state index contributed by atoms with van der Waals surface area (Å²) in [6.07, 6.45) is 0. The minimum atomic E-state index is -0.964. The number of hydrogen-bond donors (Lipinski definition) is 1. The van der Waals surface area contributed by atoms with Gasteiger partial charge in [-0.2, -0.15) is 0 Å². The summed E-state index contributed by atoms with van der Waals surface area (Å²) in [5.74, 6) is -2.15. The van der Waals surface area contributed by atoms with Crippen LogP contribution in [0.3, 0.4) is 0 Å². The van der Waals surface area contributed by atoms with Gasteiger partial charge in [-0.15, -0.1) is 0 Å². The number of allylic oxidation sites excluding steroid dienone is 1. The van der Waals surface area contributed by atoms with Crippen molar-refractivity contribution in [2.45, 2.75) is 13.0 Å². The number of rotatable bonds is 2. The van der Waals surface area contributed by atoms with E-state index in [1.54, 1.807) is 6.92 Å². The molecule has 2 rings (SSSR count). The molecule has 1 aromatic rings. The average Bonchev–Trinajstić information content (AvgIpc) is 2.45. The molecule has 7 heteroatoms. The van der Waals surface area contributed by atoms with Crippen molar-refractivity contribution in [2.75, 3.05) is 14.2 Å². The molecule has 1 aromatic carbocycles. The van der Waals surface area contributed by atoms with E-state index in [0.717, 1.165) is 12.1 Å². The minimum absolute atomic E-state index is 0.0622. The quantitative estimate of drug-likeness (QED) is 0.849. The first-order valence-corrected chi connectivity index (χ1v) is 6.10. The van der Waals surface area contributed by atoms with Crippen LogP contribution in [0.5, 0.6) is 0 Å². The van der Waals surface area contributed by atoms with E-state index in [2.05, 4.69) is 10.3 Å². The highest BCUT2D eigenvalue weighted by Gasteiger charge is 2.32. The number of nitrogens with zero attached hydrogens (tertiary/aromatic N) is 1. The third-order valence-corrected chi connectivity index (χ3v) is 3.07. The fourth-order valence-corrected chi connectivity index (χ4v) is 2.07.